The van der Waals surface area contributed by atoms with E-state index in [9.17, 15) is 5.11 Å². The third-order valence-electron chi connectivity index (χ3n) is 2.66. The second-order valence-electron chi connectivity index (χ2n) is 3.84. The number of hydrogen-bond acceptors (Lipinski definition) is 2. The van der Waals surface area contributed by atoms with Crippen molar-refractivity contribution in [3.63, 3.8) is 0 Å². The van der Waals surface area contributed by atoms with E-state index in [0.717, 1.165) is 18.7 Å². The Kier molecular flexibility index (Phi) is 2.13. The van der Waals surface area contributed by atoms with Crippen LogP contribution in [0.5, 0.6) is 5.75 Å². The topological polar surface area (TPSA) is 32.3 Å². The maximum atomic E-state index is 9.61. The lowest BCUT2D eigenvalue weighted by atomic mass is 10.0. The Balaban J connectivity index is 2.35. The van der Waals surface area contributed by atoms with Gasteiger partial charge in [-0.1, -0.05) is 19.1 Å². The van der Waals surface area contributed by atoms with Crippen molar-refractivity contribution in [3.8, 4) is 5.75 Å². The van der Waals surface area contributed by atoms with Crippen LogP contribution in [-0.2, 0) is 6.42 Å². The van der Waals surface area contributed by atoms with E-state index in [0.29, 0.717) is 11.7 Å². The number of nitrogens with one attached hydrogen (secondary N) is 1. The molecule has 70 valence electrons. The summed E-state index contributed by atoms with van der Waals surface area (Å²) >= 11 is 0. The lowest BCUT2D eigenvalue weighted by molar-refractivity contribution is 0.477. The Labute approximate surface area is 78.6 Å². The molecule has 1 heterocycles. The number of hydrogen-bond donors (Lipinski definition) is 2. The largest absolute Gasteiger partial charge is 0.506 e. The number of rotatable bonds is 0. The Bertz CT molecular complexity index is 309. The fourth-order valence-electron chi connectivity index (χ4n) is 1.78. The molecule has 0 bridgehead atoms. The molecule has 1 aliphatic rings. The minimum Gasteiger partial charge on any atom is -0.506 e. The molecule has 13 heavy (non-hydrogen) atoms. The normalized spacial score (nSPS) is 21.5. The second kappa shape index (κ2) is 3.29. The van der Waals surface area contributed by atoms with E-state index in [-0.39, 0.29) is 0 Å². The van der Waals surface area contributed by atoms with Crippen molar-refractivity contribution in [2.24, 2.45) is 5.92 Å². The molecule has 0 radical (unpaired) electrons. The van der Waals surface area contributed by atoms with Gasteiger partial charge in [-0.3, -0.25) is 0 Å². The molecule has 0 saturated carbocycles. The summed E-state index contributed by atoms with van der Waals surface area (Å²) in [5.41, 5.74) is 2.18. The molecule has 1 unspecified atom stereocenters. The molecular weight excluding hydrogens is 162 g/mol. The second-order valence-corrected chi connectivity index (χ2v) is 3.84. The number of anilines is 1. The summed E-state index contributed by atoms with van der Waals surface area (Å²) in [6.07, 6.45) is 2.27. The Hall–Kier alpha value is -1.18. The maximum Gasteiger partial charge on any atom is 0.138 e. The van der Waals surface area contributed by atoms with E-state index < -0.39 is 0 Å². The molecule has 0 amide bonds. The molecule has 0 fully saturated rings. The van der Waals surface area contributed by atoms with Crippen LogP contribution in [0.1, 0.15) is 18.9 Å². The highest BCUT2D eigenvalue weighted by atomic mass is 16.3. The molecule has 2 N–H and O–H groups in total. The highest BCUT2D eigenvalue weighted by molar-refractivity contribution is 5.61. The van der Waals surface area contributed by atoms with Crippen molar-refractivity contribution in [1.82, 2.24) is 0 Å². The van der Waals surface area contributed by atoms with Crippen LogP contribution in [0, 0.1) is 5.92 Å². The molecule has 1 atom stereocenters. The van der Waals surface area contributed by atoms with Crippen molar-refractivity contribution in [3.05, 3.63) is 23.8 Å². The smallest absolute Gasteiger partial charge is 0.138 e. The van der Waals surface area contributed by atoms with Gasteiger partial charge in [0.25, 0.3) is 0 Å². The van der Waals surface area contributed by atoms with Gasteiger partial charge in [0, 0.05) is 6.54 Å². The molecule has 0 aliphatic carbocycles. The van der Waals surface area contributed by atoms with E-state index in [1.165, 1.54) is 12.0 Å². The van der Waals surface area contributed by atoms with Crippen LogP contribution in [0.2, 0.25) is 0 Å². The Morgan fingerprint density at radius 1 is 1.46 bits per heavy atom. The quantitative estimate of drug-likeness (QED) is 0.596. The predicted octanol–water partition coefficient (Wildman–Crippen LogP) is 2.39. The highest BCUT2D eigenvalue weighted by Gasteiger charge is 2.13. The molecule has 1 aliphatic heterocycles. The molecule has 0 spiro atoms. The van der Waals surface area contributed by atoms with E-state index in [2.05, 4.69) is 18.3 Å². The standard InChI is InChI=1S/C11H15NO/c1-8-5-6-9-3-2-4-10(13)11(9)12-7-8/h2-4,8,12-13H,5-7H2,1H3. The van der Waals surface area contributed by atoms with Gasteiger partial charge in [0.2, 0.25) is 0 Å². The third-order valence-corrected chi connectivity index (χ3v) is 2.66. The minimum atomic E-state index is 0.381. The summed E-state index contributed by atoms with van der Waals surface area (Å²) in [6, 6.07) is 5.73. The summed E-state index contributed by atoms with van der Waals surface area (Å²) in [7, 11) is 0. The monoisotopic (exact) mass is 177 g/mol. The lowest BCUT2D eigenvalue weighted by Crippen LogP contribution is -2.08. The first-order valence-electron chi connectivity index (χ1n) is 4.82. The number of fused-ring (bicyclic) bond motifs is 1. The average Bonchev–Trinajstić information content (AvgIpc) is 2.30. The van der Waals surface area contributed by atoms with Crippen molar-refractivity contribution < 1.29 is 5.11 Å². The number of phenols is 1. The fraction of sp³-hybridized carbons (Fsp3) is 0.455. The summed E-state index contributed by atoms with van der Waals surface area (Å²) in [6.45, 7) is 3.19. The molecule has 2 nitrogen and oxygen atoms in total. The SMILES string of the molecule is CC1CCc2cccc(O)c2NC1. The van der Waals surface area contributed by atoms with E-state index in [4.69, 9.17) is 0 Å². The summed E-state index contributed by atoms with van der Waals surface area (Å²) in [5.74, 6) is 1.07. The first kappa shape index (κ1) is 8.42. The van der Waals surface area contributed by atoms with Gasteiger partial charge in [0.15, 0.2) is 0 Å². The average molecular weight is 177 g/mol. The zero-order valence-corrected chi connectivity index (χ0v) is 7.88. The first-order chi connectivity index (χ1) is 6.27. The minimum absolute atomic E-state index is 0.381. The molecule has 1 aromatic carbocycles. The van der Waals surface area contributed by atoms with Gasteiger partial charge in [0.05, 0.1) is 5.69 Å². The maximum absolute atomic E-state index is 9.61. The molecule has 1 aromatic rings. The van der Waals surface area contributed by atoms with Crippen LogP contribution in [-0.4, -0.2) is 11.7 Å². The zero-order valence-electron chi connectivity index (χ0n) is 7.88. The molecule has 2 rings (SSSR count). The Morgan fingerprint density at radius 2 is 2.31 bits per heavy atom. The van der Waals surface area contributed by atoms with Gasteiger partial charge in [-0.15, -0.1) is 0 Å². The summed E-state index contributed by atoms with van der Waals surface area (Å²) in [5, 5.41) is 12.9. The molecular formula is C11H15NO. The van der Waals surface area contributed by atoms with E-state index in [1.807, 2.05) is 6.07 Å². The summed E-state index contributed by atoms with van der Waals surface area (Å²) in [4.78, 5) is 0. The van der Waals surface area contributed by atoms with Gasteiger partial charge in [0.1, 0.15) is 5.75 Å². The summed E-state index contributed by atoms with van der Waals surface area (Å²) < 4.78 is 0. The van der Waals surface area contributed by atoms with Gasteiger partial charge in [-0.05, 0) is 30.4 Å². The number of aryl methyl sites for hydroxylation is 1. The number of phenolic OH excluding ortho intramolecular Hbond substituents is 1. The van der Waals surface area contributed by atoms with Crippen LogP contribution in [0.3, 0.4) is 0 Å². The van der Waals surface area contributed by atoms with Gasteiger partial charge >= 0.3 is 0 Å². The van der Waals surface area contributed by atoms with Crippen molar-refractivity contribution in [1.29, 1.82) is 0 Å². The van der Waals surface area contributed by atoms with Gasteiger partial charge in [-0.2, -0.15) is 0 Å². The van der Waals surface area contributed by atoms with Crippen molar-refractivity contribution in [2.45, 2.75) is 19.8 Å². The number of aromatic hydroxyl groups is 1. The van der Waals surface area contributed by atoms with Crippen LogP contribution in [0.25, 0.3) is 0 Å². The zero-order chi connectivity index (χ0) is 9.26. The van der Waals surface area contributed by atoms with Crippen LogP contribution in [0.4, 0.5) is 5.69 Å². The lowest BCUT2D eigenvalue weighted by Gasteiger charge is -2.09. The Morgan fingerprint density at radius 3 is 3.15 bits per heavy atom. The van der Waals surface area contributed by atoms with Crippen LogP contribution < -0.4 is 5.32 Å². The third kappa shape index (κ3) is 1.62. The number of para-hydroxylation sites is 1. The van der Waals surface area contributed by atoms with Crippen molar-refractivity contribution in [2.75, 3.05) is 11.9 Å². The van der Waals surface area contributed by atoms with Gasteiger partial charge in [-0.25, -0.2) is 0 Å². The van der Waals surface area contributed by atoms with Crippen molar-refractivity contribution >= 4 is 5.69 Å². The fourth-order valence-corrected chi connectivity index (χ4v) is 1.78. The van der Waals surface area contributed by atoms with Crippen LogP contribution >= 0.6 is 0 Å². The molecule has 0 aromatic heterocycles. The van der Waals surface area contributed by atoms with Crippen LogP contribution in [0.15, 0.2) is 18.2 Å². The first-order valence-corrected chi connectivity index (χ1v) is 4.82. The predicted molar refractivity (Wildman–Crippen MR) is 54.1 cm³/mol. The molecule has 2 heteroatoms. The molecule has 0 saturated heterocycles. The highest BCUT2D eigenvalue weighted by Crippen LogP contribution is 2.31. The van der Waals surface area contributed by atoms with Gasteiger partial charge < -0.3 is 10.4 Å². The van der Waals surface area contributed by atoms with E-state index >= 15 is 0 Å². The van der Waals surface area contributed by atoms with E-state index in [1.54, 1.807) is 6.07 Å². The number of benzene rings is 1.